The molecule has 3 heterocycles. The Bertz CT molecular complexity index is 2800. The molecule has 10 rings (SSSR count). The fourth-order valence-corrected chi connectivity index (χ4v) is 7.18. The summed E-state index contributed by atoms with van der Waals surface area (Å²) < 4.78 is 4.67. The standard InChI is InChI=1S/C46H30N6/c1-5-15-31(16-6-1)43-48-44(32-17-7-2-8-18-32)50-45(49-43)33-25-27-36(28-26-33)51-40-24-14-13-23-37(40)38-29-30-39-42(41(38)51)52(35-21-11-4-12-22-35)46(47-39)34-19-9-3-10-20-34/h1-30H. The van der Waals surface area contributed by atoms with E-state index in [4.69, 9.17) is 19.9 Å². The molecule has 0 N–H and O–H groups in total. The van der Waals surface area contributed by atoms with Crippen molar-refractivity contribution >= 4 is 32.8 Å². The van der Waals surface area contributed by atoms with Crippen molar-refractivity contribution in [2.45, 2.75) is 0 Å². The van der Waals surface area contributed by atoms with Crippen LogP contribution in [0.25, 0.3) is 89.8 Å². The molecule has 6 nitrogen and oxygen atoms in total. The van der Waals surface area contributed by atoms with E-state index in [-0.39, 0.29) is 0 Å². The summed E-state index contributed by atoms with van der Waals surface area (Å²) in [7, 11) is 0. The minimum Gasteiger partial charge on any atom is -0.307 e. The summed E-state index contributed by atoms with van der Waals surface area (Å²) in [4.78, 5) is 20.1. The quantitative estimate of drug-likeness (QED) is 0.177. The van der Waals surface area contributed by atoms with Crippen molar-refractivity contribution in [3.63, 3.8) is 0 Å². The molecule has 0 aliphatic rings. The maximum Gasteiger partial charge on any atom is 0.164 e. The van der Waals surface area contributed by atoms with E-state index in [1.807, 2.05) is 66.7 Å². The van der Waals surface area contributed by atoms with Crippen LogP contribution in [-0.4, -0.2) is 29.1 Å². The van der Waals surface area contributed by atoms with Crippen LogP contribution in [0.1, 0.15) is 0 Å². The van der Waals surface area contributed by atoms with Crippen LogP contribution < -0.4 is 0 Å². The lowest BCUT2D eigenvalue weighted by atomic mass is 10.1. The summed E-state index contributed by atoms with van der Waals surface area (Å²) >= 11 is 0. The minimum atomic E-state index is 0.624. The minimum absolute atomic E-state index is 0.624. The first kappa shape index (κ1) is 29.7. The van der Waals surface area contributed by atoms with Gasteiger partial charge in [0.05, 0.1) is 22.1 Å². The van der Waals surface area contributed by atoms with Gasteiger partial charge in [0.25, 0.3) is 0 Å². The number of benzene rings is 7. The van der Waals surface area contributed by atoms with E-state index in [1.54, 1.807) is 0 Å². The van der Waals surface area contributed by atoms with Crippen LogP contribution in [-0.2, 0) is 0 Å². The summed E-state index contributed by atoms with van der Waals surface area (Å²) in [6.45, 7) is 0. The van der Waals surface area contributed by atoms with Gasteiger partial charge in [-0.3, -0.25) is 4.57 Å². The van der Waals surface area contributed by atoms with E-state index in [1.165, 1.54) is 10.8 Å². The largest absolute Gasteiger partial charge is 0.307 e. The molecule has 0 fully saturated rings. The molecule has 244 valence electrons. The van der Waals surface area contributed by atoms with Gasteiger partial charge < -0.3 is 4.57 Å². The molecule has 7 aromatic carbocycles. The molecule has 0 aliphatic carbocycles. The molecule has 0 spiro atoms. The number of para-hydroxylation sites is 2. The van der Waals surface area contributed by atoms with Gasteiger partial charge in [0.15, 0.2) is 17.5 Å². The van der Waals surface area contributed by atoms with Crippen LogP contribution in [0.15, 0.2) is 182 Å². The Morgan fingerprint density at radius 2 is 0.788 bits per heavy atom. The van der Waals surface area contributed by atoms with Crippen LogP contribution in [0.2, 0.25) is 0 Å². The molecule has 0 saturated heterocycles. The zero-order valence-electron chi connectivity index (χ0n) is 28.0. The van der Waals surface area contributed by atoms with Crippen LogP contribution in [0.3, 0.4) is 0 Å². The lowest BCUT2D eigenvalue weighted by Crippen LogP contribution is -2.01. The monoisotopic (exact) mass is 666 g/mol. The fraction of sp³-hybridized carbons (Fsp3) is 0. The second-order valence-electron chi connectivity index (χ2n) is 12.7. The number of imidazole rings is 1. The van der Waals surface area contributed by atoms with Crippen molar-refractivity contribution in [3.05, 3.63) is 182 Å². The number of nitrogens with zero attached hydrogens (tertiary/aromatic N) is 6. The molecule has 3 aromatic heterocycles. The van der Waals surface area contributed by atoms with Crippen molar-refractivity contribution in [2.24, 2.45) is 0 Å². The summed E-state index contributed by atoms with van der Waals surface area (Å²) in [5, 5.41) is 2.35. The van der Waals surface area contributed by atoms with Gasteiger partial charge in [-0.25, -0.2) is 19.9 Å². The Morgan fingerprint density at radius 3 is 1.38 bits per heavy atom. The van der Waals surface area contributed by atoms with Crippen molar-refractivity contribution in [1.82, 2.24) is 29.1 Å². The van der Waals surface area contributed by atoms with Crippen molar-refractivity contribution in [3.8, 4) is 56.9 Å². The molecular formula is C46H30N6. The number of hydrogen-bond acceptors (Lipinski definition) is 4. The summed E-state index contributed by atoms with van der Waals surface area (Å²) in [6.07, 6.45) is 0. The highest BCUT2D eigenvalue weighted by Gasteiger charge is 2.22. The number of hydrogen-bond donors (Lipinski definition) is 0. The van der Waals surface area contributed by atoms with Crippen LogP contribution in [0, 0.1) is 0 Å². The molecule has 52 heavy (non-hydrogen) atoms. The predicted octanol–water partition coefficient (Wildman–Crippen LogP) is 11.0. The smallest absolute Gasteiger partial charge is 0.164 e. The molecule has 0 unspecified atom stereocenters. The van der Waals surface area contributed by atoms with E-state index in [0.717, 1.165) is 61.5 Å². The van der Waals surface area contributed by atoms with Gasteiger partial charge in [0, 0.05) is 44.4 Å². The van der Waals surface area contributed by atoms with E-state index in [9.17, 15) is 0 Å². The highest BCUT2D eigenvalue weighted by molar-refractivity contribution is 6.18. The maximum absolute atomic E-state index is 5.26. The van der Waals surface area contributed by atoms with Gasteiger partial charge in [-0.05, 0) is 54.6 Å². The topological polar surface area (TPSA) is 61.4 Å². The van der Waals surface area contributed by atoms with Gasteiger partial charge >= 0.3 is 0 Å². The van der Waals surface area contributed by atoms with Crippen LogP contribution in [0.5, 0.6) is 0 Å². The second kappa shape index (κ2) is 12.3. The van der Waals surface area contributed by atoms with Crippen LogP contribution >= 0.6 is 0 Å². The third-order valence-corrected chi connectivity index (χ3v) is 9.58. The van der Waals surface area contributed by atoms with Gasteiger partial charge in [-0.15, -0.1) is 0 Å². The third kappa shape index (κ3) is 4.96. The molecule has 0 aliphatic heterocycles. The van der Waals surface area contributed by atoms with E-state index < -0.39 is 0 Å². The van der Waals surface area contributed by atoms with E-state index >= 15 is 0 Å². The number of aromatic nitrogens is 6. The summed E-state index contributed by atoms with van der Waals surface area (Å²) in [6, 6.07) is 62.6. The average Bonchev–Trinajstić information content (AvgIpc) is 3.79. The van der Waals surface area contributed by atoms with Crippen molar-refractivity contribution in [1.29, 1.82) is 0 Å². The summed E-state index contributed by atoms with van der Waals surface area (Å²) in [5.74, 6) is 2.81. The molecule has 0 bridgehead atoms. The first-order valence-electron chi connectivity index (χ1n) is 17.3. The first-order valence-corrected chi connectivity index (χ1v) is 17.3. The highest BCUT2D eigenvalue weighted by atomic mass is 15.1. The molecular weight excluding hydrogens is 637 g/mol. The molecule has 6 heteroatoms. The SMILES string of the molecule is c1ccc(-c2nc(-c3ccccc3)nc(-c3ccc(-n4c5ccccc5c5ccc6nc(-c7ccccc7)n(-c7ccccc7)c6c54)cc3)n2)cc1. The second-order valence-corrected chi connectivity index (χ2v) is 12.7. The molecule has 0 atom stereocenters. The normalized spacial score (nSPS) is 11.5. The molecule has 0 radical (unpaired) electrons. The van der Waals surface area contributed by atoms with Crippen molar-refractivity contribution in [2.75, 3.05) is 0 Å². The Labute approximate surface area is 300 Å². The van der Waals surface area contributed by atoms with E-state index in [0.29, 0.717) is 17.5 Å². The lowest BCUT2D eigenvalue weighted by molar-refractivity contribution is 1.07. The third-order valence-electron chi connectivity index (χ3n) is 9.58. The van der Waals surface area contributed by atoms with Crippen LogP contribution in [0.4, 0.5) is 0 Å². The summed E-state index contributed by atoms with van der Waals surface area (Å²) in [5.41, 5.74) is 10.2. The number of rotatable bonds is 6. The molecule has 0 saturated carbocycles. The lowest BCUT2D eigenvalue weighted by Gasteiger charge is -2.13. The molecule has 0 amide bonds. The zero-order valence-corrected chi connectivity index (χ0v) is 28.0. The number of fused-ring (bicyclic) bond motifs is 5. The van der Waals surface area contributed by atoms with Gasteiger partial charge in [0.2, 0.25) is 0 Å². The Hall–Kier alpha value is -7.18. The molecule has 10 aromatic rings. The first-order chi connectivity index (χ1) is 25.8. The fourth-order valence-electron chi connectivity index (χ4n) is 7.18. The van der Waals surface area contributed by atoms with Crippen molar-refractivity contribution < 1.29 is 0 Å². The van der Waals surface area contributed by atoms with Gasteiger partial charge in [-0.1, -0.05) is 127 Å². The maximum atomic E-state index is 5.26. The van der Waals surface area contributed by atoms with E-state index in [2.05, 4.69) is 124 Å². The average molecular weight is 667 g/mol. The van der Waals surface area contributed by atoms with Gasteiger partial charge in [0.1, 0.15) is 5.82 Å². The highest BCUT2D eigenvalue weighted by Crippen LogP contribution is 2.40. The Morgan fingerprint density at radius 1 is 0.308 bits per heavy atom. The Kier molecular flexibility index (Phi) is 7.03. The predicted molar refractivity (Wildman–Crippen MR) is 211 cm³/mol. The zero-order chi connectivity index (χ0) is 34.4. The van der Waals surface area contributed by atoms with Gasteiger partial charge in [-0.2, -0.15) is 0 Å². The Balaban J connectivity index is 1.20.